The first-order chi connectivity index (χ1) is 9.10. The molecule has 1 N–H and O–H groups in total. The fourth-order valence-electron chi connectivity index (χ4n) is 1.47. The minimum atomic E-state index is -0.636. The van der Waals surface area contributed by atoms with Crippen molar-refractivity contribution < 1.29 is 13.9 Å². The third-order valence-electron chi connectivity index (χ3n) is 2.37. The molecule has 1 amide bonds. The van der Waals surface area contributed by atoms with Crippen LogP contribution in [0, 0.1) is 5.82 Å². The molecule has 0 aliphatic rings. The van der Waals surface area contributed by atoms with Crippen LogP contribution in [0.2, 0.25) is 5.02 Å². The number of anilines is 1. The van der Waals surface area contributed by atoms with Crippen molar-refractivity contribution in [3.8, 4) is 5.88 Å². The van der Waals surface area contributed by atoms with Gasteiger partial charge in [-0.15, -0.1) is 0 Å². The van der Waals surface area contributed by atoms with Gasteiger partial charge in [-0.25, -0.2) is 9.37 Å². The molecule has 2 aromatic rings. The molecule has 1 aromatic heterocycles. The van der Waals surface area contributed by atoms with Crippen molar-refractivity contribution in [1.29, 1.82) is 0 Å². The molecule has 98 valence electrons. The smallest absolute Gasteiger partial charge is 0.258 e. The number of halogens is 2. The van der Waals surface area contributed by atoms with Crippen molar-refractivity contribution in [3.05, 3.63) is 52.9 Å². The van der Waals surface area contributed by atoms with Crippen LogP contribution in [0.25, 0.3) is 0 Å². The van der Waals surface area contributed by atoms with Crippen LogP contribution in [0.5, 0.6) is 5.88 Å². The van der Waals surface area contributed by atoms with E-state index in [2.05, 4.69) is 10.3 Å². The molecule has 0 fully saturated rings. The molecular formula is C13H10ClFN2O2. The first kappa shape index (κ1) is 13.3. The predicted octanol–water partition coefficient (Wildman–Crippen LogP) is 3.14. The molecule has 0 aliphatic carbocycles. The number of nitrogens with zero attached hydrogens (tertiary/aromatic N) is 1. The van der Waals surface area contributed by atoms with Crippen LogP contribution < -0.4 is 10.1 Å². The molecule has 0 atom stereocenters. The molecule has 0 unspecified atom stereocenters. The quantitative estimate of drug-likeness (QED) is 0.940. The lowest BCUT2D eigenvalue weighted by molar-refractivity contribution is 0.102. The Labute approximate surface area is 114 Å². The second kappa shape index (κ2) is 5.67. The largest absolute Gasteiger partial charge is 0.481 e. The van der Waals surface area contributed by atoms with Crippen LogP contribution in [0.3, 0.4) is 0 Å². The summed E-state index contributed by atoms with van der Waals surface area (Å²) in [5, 5.41) is 2.83. The Morgan fingerprint density at radius 3 is 2.89 bits per heavy atom. The van der Waals surface area contributed by atoms with Gasteiger partial charge in [0.15, 0.2) is 0 Å². The summed E-state index contributed by atoms with van der Waals surface area (Å²) in [6, 6.07) is 6.89. The SMILES string of the molecule is COc1cc(NC(=O)c2cc(Cl)ccc2F)ccn1. The molecule has 0 saturated carbocycles. The fourth-order valence-corrected chi connectivity index (χ4v) is 1.64. The van der Waals surface area contributed by atoms with Gasteiger partial charge < -0.3 is 10.1 Å². The average Bonchev–Trinajstić information content (AvgIpc) is 2.41. The monoisotopic (exact) mass is 280 g/mol. The maximum absolute atomic E-state index is 13.5. The molecule has 0 aliphatic heterocycles. The van der Waals surface area contributed by atoms with Gasteiger partial charge in [0.1, 0.15) is 5.82 Å². The normalized spacial score (nSPS) is 10.1. The first-order valence-electron chi connectivity index (χ1n) is 5.36. The maximum atomic E-state index is 13.5. The van der Waals surface area contributed by atoms with Crippen molar-refractivity contribution in [3.63, 3.8) is 0 Å². The van der Waals surface area contributed by atoms with E-state index in [1.807, 2.05) is 0 Å². The van der Waals surface area contributed by atoms with Gasteiger partial charge in [-0.2, -0.15) is 0 Å². The highest BCUT2D eigenvalue weighted by Gasteiger charge is 2.12. The maximum Gasteiger partial charge on any atom is 0.258 e. The Morgan fingerprint density at radius 1 is 1.37 bits per heavy atom. The Kier molecular flexibility index (Phi) is 3.97. The fraction of sp³-hybridized carbons (Fsp3) is 0.0769. The number of pyridine rings is 1. The lowest BCUT2D eigenvalue weighted by atomic mass is 10.2. The lowest BCUT2D eigenvalue weighted by Gasteiger charge is -2.07. The van der Waals surface area contributed by atoms with E-state index >= 15 is 0 Å². The zero-order chi connectivity index (χ0) is 13.8. The minimum Gasteiger partial charge on any atom is -0.481 e. The van der Waals surface area contributed by atoms with Gasteiger partial charge in [0.2, 0.25) is 5.88 Å². The number of aromatic nitrogens is 1. The number of amides is 1. The van der Waals surface area contributed by atoms with Gasteiger partial charge in [0, 0.05) is 23.0 Å². The molecule has 19 heavy (non-hydrogen) atoms. The molecule has 0 saturated heterocycles. The molecule has 0 radical (unpaired) electrons. The molecule has 1 heterocycles. The number of benzene rings is 1. The summed E-state index contributed by atoms with van der Waals surface area (Å²) < 4.78 is 18.4. The number of methoxy groups -OCH3 is 1. The molecule has 6 heteroatoms. The highest BCUT2D eigenvalue weighted by molar-refractivity contribution is 6.31. The van der Waals surface area contributed by atoms with Crippen LogP contribution in [-0.4, -0.2) is 18.0 Å². The summed E-state index contributed by atoms with van der Waals surface area (Å²) in [5.41, 5.74) is 0.333. The molecule has 1 aromatic carbocycles. The average molecular weight is 281 g/mol. The number of rotatable bonds is 3. The second-order valence-electron chi connectivity index (χ2n) is 3.67. The number of nitrogens with one attached hydrogen (secondary N) is 1. The minimum absolute atomic E-state index is 0.122. The summed E-state index contributed by atoms with van der Waals surface area (Å²) in [4.78, 5) is 15.8. The number of carbonyl (C=O) groups excluding carboxylic acids is 1. The van der Waals surface area contributed by atoms with Crippen molar-refractivity contribution >= 4 is 23.2 Å². The van der Waals surface area contributed by atoms with Gasteiger partial charge in [0.25, 0.3) is 5.91 Å². The van der Waals surface area contributed by atoms with E-state index in [1.54, 1.807) is 6.07 Å². The number of ether oxygens (including phenoxy) is 1. The zero-order valence-electron chi connectivity index (χ0n) is 9.98. The van der Waals surface area contributed by atoms with Gasteiger partial charge >= 0.3 is 0 Å². The molecule has 0 bridgehead atoms. The van der Waals surface area contributed by atoms with Gasteiger partial charge in [-0.05, 0) is 24.3 Å². The van der Waals surface area contributed by atoms with Gasteiger partial charge in [0.05, 0.1) is 12.7 Å². The van der Waals surface area contributed by atoms with Crippen LogP contribution in [0.1, 0.15) is 10.4 Å². The summed E-state index contributed by atoms with van der Waals surface area (Å²) in [6.07, 6.45) is 1.47. The number of carbonyl (C=O) groups is 1. The van der Waals surface area contributed by atoms with Crippen molar-refractivity contribution in [2.24, 2.45) is 0 Å². The molecule has 4 nitrogen and oxygen atoms in total. The summed E-state index contributed by atoms with van der Waals surface area (Å²) >= 11 is 5.73. The Balaban J connectivity index is 2.23. The summed E-state index contributed by atoms with van der Waals surface area (Å²) in [6.45, 7) is 0. The van der Waals surface area contributed by atoms with Crippen molar-refractivity contribution in [2.45, 2.75) is 0 Å². The zero-order valence-corrected chi connectivity index (χ0v) is 10.7. The van der Waals surface area contributed by atoms with E-state index < -0.39 is 11.7 Å². The predicted molar refractivity (Wildman–Crippen MR) is 70.2 cm³/mol. The van der Waals surface area contributed by atoms with E-state index in [9.17, 15) is 9.18 Å². The standard InChI is InChI=1S/C13H10ClFN2O2/c1-19-12-7-9(4-5-16-12)17-13(18)10-6-8(14)2-3-11(10)15/h2-7H,1H3,(H,16,17,18). The van der Waals surface area contributed by atoms with Crippen molar-refractivity contribution in [1.82, 2.24) is 4.98 Å². The van der Waals surface area contributed by atoms with Gasteiger partial charge in [-0.3, -0.25) is 4.79 Å². The number of hydrogen-bond donors (Lipinski definition) is 1. The van der Waals surface area contributed by atoms with E-state index in [0.717, 1.165) is 6.07 Å². The van der Waals surface area contributed by atoms with E-state index in [1.165, 1.54) is 31.5 Å². The highest BCUT2D eigenvalue weighted by Crippen LogP contribution is 2.18. The summed E-state index contributed by atoms with van der Waals surface area (Å²) in [7, 11) is 1.46. The number of hydrogen-bond acceptors (Lipinski definition) is 3. The second-order valence-corrected chi connectivity index (χ2v) is 4.10. The summed E-state index contributed by atoms with van der Waals surface area (Å²) in [5.74, 6) is -0.874. The third-order valence-corrected chi connectivity index (χ3v) is 2.61. The van der Waals surface area contributed by atoms with Crippen LogP contribution in [0.4, 0.5) is 10.1 Å². The van der Waals surface area contributed by atoms with Gasteiger partial charge in [-0.1, -0.05) is 11.6 Å². The Bertz CT molecular complexity index is 619. The topological polar surface area (TPSA) is 51.2 Å². The van der Waals surface area contributed by atoms with Crippen LogP contribution in [0.15, 0.2) is 36.5 Å². The first-order valence-corrected chi connectivity index (χ1v) is 5.74. The Morgan fingerprint density at radius 2 is 2.16 bits per heavy atom. The van der Waals surface area contributed by atoms with Crippen molar-refractivity contribution in [2.75, 3.05) is 12.4 Å². The molecule has 2 rings (SSSR count). The van der Waals surface area contributed by atoms with Crippen LogP contribution >= 0.6 is 11.6 Å². The Hall–Kier alpha value is -2.14. The van der Waals surface area contributed by atoms with E-state index in [-0.39, 0.29) is 5.56 Å². The van der Waals surface area contributed by atoms with E-state index in [4.69, 9.17) is 16.3 Å². The molecular weight excluding hydrogens is 271 g/mol. The van der Waals surface area contributed by atoms with E-state index in [0.29, 0.717) is 16.6 Å². The lowest BCUT2D eigenvalue weighted by Crippen LogP contribution is -2.13. The highest BCUT2D eigenvalue weighted by atomic mass is 35.5. The van der Waals surface area contributed by atoms with Crippen LogP contribution in [-0.2, 0) is 0 Å². The third kappa shape index (κ3) is 3.20. The molecule has 0 spiro atoms.